The lowest BCUT2D eigenvalue weighted by molar-refractivity contribution is 0.171. The summed E-state index contributed by atoms with van der Waals surface area (Å²) in [5, 5.41) is 4.90. The number of hydrogen-bond donors (Lipinski definition) is 0. The van der Waals surface area contributed by atoms with Crippen molar-refractivity contribution in [1.82, 2.24) is 14.7 Å². The molecule has 2 aliphatic rings. The lowest BCUT2D eigenvalue weighted by Gasteiger charge is -2.35. The fourth-order valence-corrected chi connectivity index (χ4v) is 4.01. The standard InChI is InChI=1S/C17H29N3/c1-4-15-17(16-7-5-6-10-20(16)18-15)14-8-11-19(12-9-14)13(2)3/h13-14H,4-12H2,1-3H3. The van der Waals surface area contributed by atoms with Crippen molar-refractivity contribution in [2.45, 2.75) is 77.8 Å². The van der Waals surface area contributed by atoms with Crippen LogP contribution in [0.5, 0.6) is 0 Å². The second-order valence-electron chi connectivity index (χ2n) is 6.74. The maximum Gasteiger partial charge on any atom is 0.0659 e. The Bertz CT molecular complexity index is 453. The van der Waals surface area contributed by atoms with Crippen LogP contribution in [0.2, 0.25) is 0 Å². The van der Waals surface area contributed by atoms with Gasteiger partial charge in [-0.05, 0) is 76.9 Å². The van der Waals surface area contributed by atoms with E-state index in [9.17, 15) is 0 Å². The molecule has 2 aliphatic heterocycles. The summed E-state index contributed by atoms with van der Waals surface area (Å²) in [5.41, 5.74) is 4.62. The van der Waals surface area contributed by atoms with Gasteiger partial charge in [-0.3, -0.25) is 4.68 Å². The van der Waals surface area contributed by atoms with E-state index in [4.69, 9.17) is 5.10 Å². The number of aromatic nitrogens is 2. The highest BCUT2D eigenvalue weighted by atomic mass is 15.3. The first-order valence-electron chi connectivity index (χ1n) is 8.53. The number of hydrogen-bond acceptors (Lipinski definition) is 2. The Balaban J connectivity index is 1.82. The van der Waals surface area contributed by atoms with Gasteiger partial charge < -0.3 is 4.90 Å². The summed E-state index contributed by atoms with van der Waals surface area (Å²) < 4.78 is 2.33. The smallest absolute Gasteiger partial charge is 0.0659 e. The van der Waals surface area contributed by atoms with E-state index in [1.165, 1.54) is 50.9 Å². The minimum absolute atomic E-state index is 0.697. The molecule has 0 bridgehead atoms. The van der Waals surface area contributed by atoms with Crippen molar-refractivity contribution >= 4 is 0 Å². The van der Waals surface area contributed by atoms with Crippen molar-refractivity contribution in [2.75, 3.05) is 13.1 Å². The third-order valence-corrected chi connectivity index (χ3v) is 5.21. The predicted molar refractivity (Wildman–Crippen MR) is 83.2 cm³/mol. The molecule has 0 atom stereocenters. The predicted octanol–water partition coefficient (Wildman–Crippen LogP) is 3.37. The maximum absolute atomic E-state index is 4.90. The largest absolute Gasteiger partial charge is 0.301 e. The van der Waals surface area contributed by atoms with Crippen LogP contribution in [0.1, 0.15) is 69.3 Å². The second kappa shape index (κ2) is 5.88. The molecule has 0 aromatic carbocycles. The number of fused-ring (bicyclic) bond motifs is 1. The second-order valence-corrected chi connectivity index (χ2v) is 6.74. The molecule has 3 nitrogen and oxygen atoms in total. The minimum atomic E-state index is 0.697. The molecule has 0 spiro atoms. The highest BCUT2D eigenvalue weighted by molar-refractivity contribution is 5.32. The Morgan fingerprint density at radius 1 is 1.15 bits per heavy atom. The van der Waals surface area contributed by atoms with Crippen molar-refractivity contribution in [2.24, 2.45) is 0 Å². The first kappa shape index (κ1) is 14.1. The van der Waals surface area contributed by atoms with Gasteiger partial charge in [0, 0.05) is 18.3 Å². The van der Waals surface area contributed by atoms with E-state index in [-0.39, 0.29) is 0 Å². The summed E-state index contributed by atoms with van der Waals surface area (Å²) in [6, 6.07) is 0.697. The molecule has 112 valence electrons. The van der Waals surface area contributed by atoms with Crippen molar-refractivity contribution in [3.8, 4) is 0 Å². The molecule has 0 unspecified atom stereocenters. The van der Waals surface area contributed by atoms with Crippen molar-refractivity contribution in [3.05, 3.63) is 17.0 Å². The molecule has 3 rings (SSSR count). The number of likely N-dealkylation sites (tertiary alicyclic amines) is 1. The molecular formula is C17H29N3. The van der Waals surface area contributed by atoms with Crippen LogP contribution in [-0.4, -0.2) is 33.8 Å². The molecule has 20 heavy (non-hydrogen) atoms. The first-order valence-corrected chi connectivity index (χ1v) is 8.53. The van der Waals surface area contributed by atoms with Crippen LogP contribution in [0.15, 0.2) is 0 Å². The summed E-state index contributed by atoms with van der Waals surface area (Å²) in [6.07, 6.45) is 7.66. The molecular weight excluding hydrogens is 246 g/mol. The summed E-state index contributed by atoms with van der Waals surface area (Å²) in [5.74, 6) is 0.766. The zero-order chi connectivity index (χ0) is 14.1. The number of rotatable bonds is 3. The van der Waals surface area contributed by atoms with Crippen LogP contribution in [0.4, 0.5) is 0 Å². The number of nitrogens with zero attached hydrogens (tertiary/aromatic N) is 3. The molecule has 0 N–H and O–H groups in total. The van der Waals surface area contributed by atoms with Crippen LogP contribution >= 0.6 is 0 Å². The third kappa shape index (κ3) is 2.52. The van der Waals surface area contributed by atoms with Gasteiger partial charge in [-0.2, -0.15) is 5.10 Å². The van der Waals surface area contributed by atoms with Gasteiger partial charge >= 0.3 is 0 Å². The highest BCUT2D eigenvalue weighted by Gasteiger charge is 2.29. The molecule has 0 aliphatic carbocycles. The van der Waals surface area contributed by atoms with Crippen LogP contribution in [0.3, 0.4) is 0 Å². The Hall–Kier alpha value is -0.830. The van der Waals surface area contributed by atoms with E-state index in [1.807, 2.05) is 0 Å². The molecule has 0 amide bonds. The summed E-state index contributed by atoms with van der Waals surface area (Å²) in [6.45, 7) is 10.6. The van der Waals surface area contributed by atoms with Gasteiger partial charge in [-0.25, -0.2) is 0 Å². The maximum atomic E-state index is 4.90. The third-order valence-electron chi connectivity index (χ3n) is 5.21. The summed E-state index contributed by atoms with van der Waals surface area (Å²) in [7, 11) is 0. The highest BCUT2D eigenvalue weighted by Crippen LogP contribution is 2.35. The van der Waals surface area contributed by atoms with Gasteiger partial charge in [0.2, 0.25) is 0 Å². The van der Waals surface area contributed by atoms with E-state index in [2.05, 4.69) is 30.4 Å². The zero-order valence-corrected chi connectivity index (χ0v) is 13.4. The Labute approximate surface area is 123 Å². The molecule has 1 aromatic rings. The van der Waals surface area contributed by atoms with E-state index in [0.29, 0.717) is 6.04 Å². The molecule has 1 aromatic heterocycles. The molecule has 0 saturated carbocycles. The van der Waals surface area contributed by atoms with E-state index < -0.39 is 0 Å². The number of aryl methyl sites for hydroxylation is 2. The van der Waals surface area contributed by atoms with Gasteiger partial charge in [0.15, 0.2) is 0 Å². The van der Waals surface area contributed by atoms with Gasteiger partial charge in [0.25, 0.3) is 0 Å². The first-order chi connectivity index (χ1) is 9.70. The fourth-order valence-electron chi connectivity index (χ4n) is 4.01. The average Bonchev–Trinajstić information content (AvgIpc) is 2.85. The summed E-state index contributed by atoms with van der Waals surface area (Å²) in [4.78, 5) is 2.62. The minimum Gasteiger partial charge on any atom is -0.301 e. The average molecular weight is 275 g/mol. The number of piperidine rings is 1. The van der Waals surface area contributed by atoms with Crippen LogP contribution < -0.4 is 0 Å². The normalized spacial score (nSPS) is 21.4. The Kier molecular flexibility index (Phi) is 4.16. The lowest BCUT2D eigenvalue weighted by Crippen LogP contribution is -2.38. The molecule has 1 fully saturated rings. The molecule has 3 heteroatoms. The van der Waals surface area contributed by atoms with Crippen LogP contribution in [0.25, 0.3) is 0 Å². The van der Waals surface area contributed by atoms with Crippen molar-refractivity contribution in [1.29, 1.82) is 0 Å². The van der Waals surface area contributed by atoms with Crippen molar-refractivity contribution in [3.63, 3.8) is 0 Å². The fraction of sp³-hybridized carbons (Fsp3) is 0.824. The quantitative estimate of drug-likeness (QED) is 0.843. The Morgan fingerprint density at radius 3 is 2.55 bits per heavy atom. The van der Waals surface area contributed by atoms with Crippen LogP contribution in [0, 0.1) is 0 Å². The lowest BCUT2D eigenvalue weighted by atomic mass is 9.85. The summed E-state index contributed by atoms with van der Waals surface area (Å²) >= 11 is 0. The zero-order valence-electron chi connectivity index (χ0n) is 13.4. The van der Waals surface area contributed by atoms with E-state index >= 15 is 0 Å². The van der Waals surface area contributed by atoms with Gasteiger partial charge in [0.1, 0.15) is 0 Å². The Morgan fingerprint density at radius 2 is 1.90 bits per heavy atom. The van der Waals surface area contributed by atoms with E-state index in [1.54, 1.807) is 11.3 Å². The van der Waals surface area contributed by atoms with Gasteiger partial charge in [-0.1, -0.05) is 6.92 Å². The topological polar surface area (TPSA) is 21.1 Å². The molecule has 0 radical (unpaired) electrons. The monoisotopic (exact) mass is 275 g/mol. The SMILES string of the molecule is CCc1nn2c(c1C1CCN(C(C)C)CC1)CCCC2. The van der Waals surface area contributed by atoms with Crippen LogP contribution in [-0.2, 0) is 19.4 Å². The van der Waals surface area contributed by atoms with Gasteiger partial charge in [-0.15, -0.1) is 0 Å². The van der Waals surface area contributed by atoms with Gasteiger partial charge in [0.05, 0.1) is 5.69 Å². The van der Waals surface area contributed by atoms with Crippen molar-refractivity contribution < 1.29 is 0 Å². The van der Waals surface area contributed by atoms with E-state index in [0.717, 1.165) is 18.9 Å². The molecule has 1 saturated heterocycles. The molecule has 3 heterocycles.